The van der Waals surface area contributed by atoms with Gasteiger partial charge in [0.25, 0.3) is 0 Å². The van der Waals surface area contributed by atoms with Crippen LogP contribution in [0.2, 0.25) is 0 Å². The molecule has 3 aromatic rings. The minimum absolute atomic E-state index is 0.0819. The maximum Gasteiger partial charge on any atom is 0.226 e. The number of amides is 2. The third-order valence-electron chi connectivity index (χ3n) is 4.49. The number of aromatic nitrogens is 1. The summed E-state index contributed by atoms with van der Waals surface area (Å²) in [5, 5.41) is 3.88. The average molecular weight is 361 g/mol. The molecule has 0 unspecified atom stereocenters. The van der Waals surface area contributed by atoms with Crippen molar-refractivity contribution in [2.24, 2.45) is 0 Å². The second-order valence-electron chi connectivity index (χ2n) is 6.64. The Bertz CT molecular complexity index is 993. The number of hydrogen-bond donors (Lipinski definition) is 1. The van der Waals surface area contributed by atoms with E-state index in [2.05, 4.69) is 10.3 Å². The van der Waals surface area contributed by atoms with Gasteiger partial charge in [0.05, 0.1) is 11.2 Å². The first kappa shape index (κ1) is 18.6. The zero-order valence-electron chi connectivity index (χ0n) is 15.8. The van der Waals surface area contributed by atoms with E-state index in [1.807, 2.05) is 62.4 Å². The molecule has 1 heterocycles. The fourth-order valence-electron chi connectivity index (χ4n) is 3.19. The first-order chi connectivity index (χ1) is 13.0. The molecule has 0 aliphatic rings. The van der Waals surface area contributed by atoms with Crippen LogP contribution in [-0.4, -0.2) is 23.3 Å². The van der Waals surface area contributed by atoms with Crippen molar-refractivity contribution in [3.63, 3.8) is 0 Å². The summed E-state index contributed by atoms with van der Waals surface area (Å²) in [6.45, 7) is 5.83. The average Bonchev–Trinajstić information content (AvgIpc) is 2.63. The molecular weight excluding hydrogens is 338 g/mol. The van der Waals surface area contributed by atoms with E-state index >= 15 is 0 Å². The van der Waals surface area contributed by atoms with Gasteiger partial charge < -0.3 is 10.2 Å². The molecule has 5 nitrogen and oxygen atoms in total. The highest BCUT2D eigenvalue weighted by atomic mass is 16.2. The lowest BCUT2D eigenvalue weighted by Crippen LogP contribution is -2.32. The SMILES string of the molecule is CC(=O)N(CCC(=O)Nc1cccc2cccnc12)c1ccc(C)cc1C. The van der Waals surface area contributed by atoms with E-state index in [0.29, 0.717) is 12.2 Å². The summed E-state index contributed by atoms with van der Waals surface area (Å²) in [6, 6.07) is 15.4. The molecule has 0 bridgehead atoms. The second kappa shape index (κ2) is 7.99. The minimum atomic E-state index is -0.149. The highest BCUT2D eigenvalue weighted by Crippen LogP contribution is 2.23. The molecule has 27 heavy (non-hydrogen) atoms. The van der Waals surface area contributed by atoms with Gasteiger partial charge in [-0.1, -0.05) is 35.9 Å². The number of aryl methyl sites for hydroxylation is 2. The van der Waals surface area contributed by atoms with Crippen LogP contribution in [0.15, 0.2) is 54.7 Å². The lowest BCUT2D eigenvalue weighted by Gasteiger charge is -2.23. The van der Waals surface area contributed by atoms with Crippen LogP contribution in [-0.2, 0) is 9.59 Å². The Labute approximate surface area is 159 Å². The molecule has 2 amide bonds. The van der Waals surface area contributed by atoms with Gasteiger partial charge >= 0.3 is 0 Å². The minimum Gasteiger partial charge on any atom is -0.324 e. The lowest BCUT2D eigenvalue weighted by molar-refractivity contribution is -0.117. The van der Waals surface area contributed by atoms with E-state index < -0.39 is 0 Å². The van der Waals surface area contributed by atoms with Crippen molar-refractivity contribution in [3.8, 4) is 0 Å². The van der Waals surface area contributed by atoms with E-state index in [1.165, 1.54) is 6.92 Å². The molecule has 138 valence electrons. The summed E-state index contributed by atoms with van der Waals surface area (Å²) in [7, 11) is 0. The second-order valence-corrected chi connectivity index (χ2v) is 6.64. The summed E-state index contributed by atoms with van der Waals surface area (Å²) in [5.74, 6) is -0.231. The Hall–Kier alpha value is -3.21. The third kappa shape index (κ3) is 4.31. The standard InChI is InChI=1S/C22H23N3O2/c1-15-9-10-20(16(2)14-15)25(17(3)26)13-11-21(27)24-19-8-4-6-18-7-5-12-23-22(18)19/h4-10,12,14H,11,13H2,1-3H3,(H,24,27). The molecule has 0 aliphatic carbocycles. The zero-order valence-corrected chi connectivity index (χ0v) is 15.8. The van der Waals surface area contributed by atoms with E-state index in [-0.39, 0.29) is 18.2 Å². The Kier molecular flexibility index (Phi) is 5.50. The topological polar surface area (TPSA) is 62.3 Å². The number of nitrogens with zero attached hydrogens (tertiary/aromatic N) is 2. The van der Waals surface area contributed by atoms with Gasteiger partial charge in [-0.3, -0.25) is 14.6 Å². The Morgan fingerprint density at radius 2 is 1.85 bits per heavy atom. The third-order valence-corrected chi connectivity index (χ3v) is 4.49. The van der Waals surface area contributed by atoms with Crippen LogP contribution in [0.5, 0.6) is 0 Å². The fraction of sp³-hybridized carbons (Fsp3) is 0.227. The van der Waals surface area contributed by atoms with Crippen molar-refractivity contribution < 1.29 is 9.59 Å². The van der Waals surface area contributed by atoms with Crippen molar-refractivity contribution in [3.05, 3.63) is 65.9 Å². The van der Waals surface area contributed by atoms with Gasteiger partial charge in [0, 0.05) is 37.2 Å². The van der Waals surface area contributed by atoms with Crippen LogP contribution < -0.4 is 10.2 Å². The molecule has 0 fully saturated rings. The summed E-state index contributed by atoms with van der Waals surface area (Å²) >= 11 is 0. The Balaban J connectivity index is 1.72. The molecule has 0 aliphatic heterocycles. The smallest absolute Gasteiger partial charge is 0.226 e. The van der Waals surface area contributed by atoms with E-state index in [9.17, 15) is 9.59 Å². The van der Waals surface area contributed by atoms with Gasteiger partial charge in [-0.2, -0.15) is 0 Å². The number of para-hydroxylation sites is 1. The van der Waals surface area contributed by atoms with Crippen molar-refractivity contribution in [1.29, 1.82) is 0 Å². The van der Waals surface area contributed by atoms with Crippen LogP contribution in [0.4, 0.5) is 11.4 Å². The predicted octanol–water partition coefficient (Wildman–Crippen LogP) is 4.23. The molecule has 0 saturated carbocycles. The number of pyridine rings is 1. The van der Waals surface area contributed by atoms with Gasteiger partial charge in [-0.25, -0.2) is 0 Å². The molecule has 5 heteroatoms. The predicted molar refractivity (Wildman–Crippen MR) is 109 cm³/mol. The van der Waals surface area contributed by atoms with Gasteiger partial charge in [0.1, 0.15) is 0 Å². The Morgan fingerprint density at radius 1 is 1.07 bits per heavy atom. The molecular formula is C22H23N3O2. The monoisotopic (exact) mass is 361 g/mol. The van der Waals surface area contributed by atoms with Gasteiger partial charge in [0.15, 0.2) is 0 Å². The molecule has 0 atom stereocenters. The Morgan fingerprint density at radius 3 is 2.59 bits per heavy atom. The van der Waals surface area contributed by atoms with E-state index in [1.54, 1.807) is 11.1 Å². The lowest BCUT2D eigenvalue weighted by atomic mass is 10.1. The van der Waals surface area contributed by atoms with Crippen LogP contribution in [0.3, 0.4) is 0 Å². The first-order valence-electron chi connectivity index (χ1n) is 8.94. The molecule has 1 aromatic heterocycles. The van der Waals surface area contributed by atoms with Crippen LogP contribution in [0.1, 0.15) is 24.5 Å². The van der Waals surface area contributed by atoms with E-state index in [4.69, 9.17) is 0 Å². The molecule has 3 rings (SSSR count). The number of anilines is 2. The number of carbonyl (C=O) groups is 2. The zero-order chi connectivity index (χ0) is 19.4. The normalized spacial score (nSPS) is 10.6. The summed E-state index contributed by atoms with van der Waals surface area (Å²) in [6.07, 6.45) is 1.91. The summed E-state index contributed by atoms with van der Waals surface area (Å²) in [4.78, 5) is 30.6. The molecule has 0 radical (unpaired) electrons. The number of rotatable bonds is 5. The number of nitrogens with one attached hydrogen (secondary N) is 1. The molecule has 1 N–H and O–H groups in total. The molecule has 2 aromatic carbocycles. The molecule has 0 saturated heterocycles. The van der Waals surface area contributed by atoms with Crippen molar-refractivity contribution >= 4 is 34.1 Å². The maximum absolute atomic E-state index is 12.5. The van der Waals surface area contributed by atoms with E-state index in [0.717, 1.165) is 27.7 Å². The number of fused-ring (bicyclic) bond motifs is 1. The van der Waals surface area contributed by atoms with Gasteiger partial charge in [-0.15, -0.1) is 0 Å². The van der Waals surface area contributed by atoms with Crippen LogP contribution in [0, 0.1) is 13.8 Å². The van der Waals surface area contributed by atoms with Crippen molar-refractivity contribution in [2.75, 3.05) is 16.8 Å². The number of hydrogen-bond acceptors (Lipinski definition) is 3. The fourth-order valence-corrected chi connectivity index (χ4v) is 3.19. The van der Waals surface area contributed by atoms with Gasteiger partial charge in [0.2, 0.25) is 11.8 Å². The summed E-state index contributed by atoms with van der Waals surface area (Å²) in [5.41, 5.74) is 4.43. The highest BCUT2D eigenvalue weighted by molar-refractivity contribution is 6.01. The van der Waals surface area contributed by atoms with Crippen LogP contribution in [0.25, 0.3) is 10.9 Å². The quantitative estimate of drug-likeness (QED) is 0.739. The number of carbonyl (C=O) groups excluding carboxylic acids is 2. The van der Waals surface area contributed by atoms with Crippen molar-refractivity contribution in [1.82, 2.24) is 4.98 Å². The first-order valence-corrected chi connectivity index (χ1v) is 8.94. The summed E-state index contributed by atoms with van der Waals surface area (Å²) < 4.78 is 0. The largest absolute Gasteiger partial charge is 0.324 e. The number of benzene rings is 2. The maximum atomic E-state index is 12.5. The molecule has 0 spiro atoms. The van der Waals surface area contributed by atoms with Gasteiger partial charge in [-0.05, 0) is 37.6 Å². The van der Waals surface area contributed by atoms with Crippen molar-refractivity contribution in [2.45, 2.75) is 27.2 Å². The van der Waals surface area contributed by atoms with Crippen LogP contribution >= 0.6 is 0 Å². The highest BCUT2D eigenvalue weighted by Gasteiger charge is 2.16.